The number of nitrogens with one attached hydrogen (secondary N) is 1. The van der Waals surface area contributed by atoms with E-state index < -0.39 is 10.0 Å². The molecule has 2 aliphatic rings. The molecule has 0 atom stereocenters. The fraction of sp³-hybridized carbons (Fsp3) is 0.708. The predicted octanol–water partition coefficient (Wildman–Crippen LogP) is 3.97. The molecule has 32 heavy (non-hydrogen) atoms. The van der Waals surface area contributed by atoms with Crippen molar-refractivity contribution in [3.05, 3.63) is 18.2 Å². The van der Waals surface area contributed by atoms with E-state index >= 15 is 0 Å². The maximum Gasteiger partial charge on any atom is 0.243 e. The average Bonchev–Trinajstić information content (AvgIpc) is 3.03. The first kappa shape index (κ1) is 24.8. The molecule has 0 aliphatic carbocycles. The molecule has 0 spiro atoms. The number of hydrogen-bond donors (Lipinski definition) is 1. The topological polar surface area (TPSA) is 84.9 Å². The summed E-state index contributed by atoms with van der Waals surface area (Å²) in [7, 11) is -3.63. The second-order valence-electron chi connectivity index (χ2n) is 9.23. The lowest BCUT2D eigenvalue weighted by molar-refractivity contribution is -0.126. The number of amides is 1. The highest BCUT2D eigenvalue weighted by Crippen LogP contribution is 2.33. The molecule has 1 aromatic rings. The number of benzene rings is 1. The van der Waals surface area contributed by atoms with Crippen LogP contribution in [0.1, 0.15) is 65.2 Å². The molecular weight excluding hydrogens is 428 g/mol. The van der Waals surface area contributed by atoms with Gasteiger partial charge in [0, 0.05) is 38.0 Å². The van der Waals surface area contributed by atoms with Crippen molar-refractivity contribution in [2.24, 2.45) is 11.8 Å². The molecule has 1 aromatic carbocycles. The Hall–Kier alpha value is -1.80. The van der Waals surface area contributed by atoms with Gasteiger partial charge < -0.3 is 14.8 Å². The van der Waals surface area contributed by atoms with E-state index in [1.807, 2.05) is 0 Å². The SMILES string of the molecule is CC(C)CCCCCCNC(=O)C1CCN(S(=O)(=O)c2ccc3c(c2)OCCCO3)CC1. The standard InChI is InChI=1S/C24H38N2O5S/c1-19(2)8-5-3-4-6-13-25-24(27)20-11-14-26(15-12-20)32(28,29)21-9-10-22-23(18-21)31-17-7-16-30-22/h9-10,18-20H,3-8,11-17H2,1-2H3,(H,25,27). The lowest BCUT2D eigenvalue weighted by atomic mass is 9.97. The van der Waals surface area contributed by atoms with Gasteiger partial charge in [0.1, 0.15) is 0 Å². The number of carbonyl (C=O) groups is 1. The Balaban J connectivity index is 1.43. The van der Waals surface area contributed by atoms with Crippen molar-refractivity contribution in [1.29, 1.82) is 0 Å². The molecule has 3 rings (SSSR count). The van der Waals surface area contributed by atoms with Gasteiger partial charge in [-0.25, -0.2) is 8.42 Å². The quantitative estimate of drug-likeness (QED) is 0.528. The molecule has 1 fully saturated rings. The monoisotopic (exact) mass is 466 g/mol. The van der Waals surface area contributed by atoms with Crippen LogP contribution in [0.3, 0.4) is 0 Å². The molecule has 0 bridgehead atoms. The smallest absolute Gasteiger partial charge is 0.243 e. The van der Waals surface area contributed by atoms with Gasteiger partial charge in [-0.05, 0) is 37.3 Å². The molecule has 2 aliphatic heterocycles. The van der Waals surface area contributed by atoms with Crippen molar-refractivity contribution < 1.29 is 22.7 Å². The summed E-state index contributed by atoms with van der Waals surface area (Å²) in [5.74, 6) is 1.74. The van der Waals surface area contributed by atoms with E-state index in [4.69, 9.17) is 9.47 Å². The van der Waals surface area contributed by atoms with E-state index in [1.165, 1.54) is 23.6 Å². The number of ether oxygens (including phenoxy) is 2. The third-order valence-electron chi connectivity index (χ3n) is 6.19. The summed E-state index contributed by atoms with van der Waals surface area (Å²) in [6.45, 7) is 6.97. The van der Waals surface area contributed by atoms with Crippen LogP contribution in [0.2, 0.25) is 0 Å². The molecule has 2 heterocycles. The molecule has 180 valence electrons. The number of fused-ring (bicyclic) bond motifs is 1. The Bertz CT molecular complexity index is 848. The lowest BCUT2D eigenvalue weighted by Gasteiger charge is -2.30. The van der Waals surface area contributed by atoms with E-state index in [9.17, 15) is 13.2 Å². The van der Waals surface area contributed by atoms with Crippen LogP contribution < -0.4 is 14.8 Å². The number of sulfonamides is 1. The minimum Gasteiger partial charge on any atom is -0.490 e. The third-order valence-corrected chi connectivity index (χ3v) is 8.08. The van der Waals surface area contributed by atoms with Gasteiger partial charge in [-0.2, -0.15) is 4.31 Å². The Morgan fingerprint density at radius 2 is 1.75 bits per heavy atom. The summed E-state index contributed by atoms with van der Waals surface area (Å²) < 4.78 is 38.9. The number of carbonyl (C=O) groups excluding carboxylic acids is 1. The van der Waals surface area contributed by atoms with Gasteiger partial charge in [0.15, 0.2) is 11.5 Å². The van der Waals surface area contributed by atoms with Gasteiger partial charge in [-0.3, -0.25) is 4.79 Å². The number of piperidine rings is 1. The van der Waals surface area contributed by atoms with Crippen LogP contribution in [0, 0.1) is 11.8 Å². The molecule has 8 heteroatoms. The summed E-state index contributed by atoms with van der Waals surface area (Å²) in [6.07, 6.45) is 7.73. The molecule has 0 saturated carbocycles. The van der Waals surface area contributed by atoms with Crippen LogP contribution in [0.15, 0.2) is 23.1 Å². The minimum absolute atomic E-state index is 0.0554. The zero-order chi connectivity index (χ0) is 23.0. The minimum atomic E-state index is -3.63. The average molecular weight is 467 g/mol. The Kier molecular flexibility index (Phi) is 9.22. The normalized spacial score (nSPS) is 17.8. The van der Waals surface area contributed by atoms with Crippen molar-refractivity contribution in [3.8, 4) is 11.5 Å². The maximum absolute atomic E-state index is 13.1. The summed E-state index contributed by atoms with van der Waals surface area (Å²) >= 11 is 0. The van der Waals surface area contributed by atoms with Crippen molar-refractivity contribution in [2.45, 2.75) is 70.1 Å². The second-order valence-corrected chi connectivity index (χ2v) is 11.2. The fourth-order valence-corrected chi connectivity index (χ4v) is 5.68. The molecular formula is C24H38N2O5S. The molecule has 1 saturated heterocycles. The number of nitrogens with zero attached hydrogens (tertiary/aromatic N) is 1. The van der Waals surface area contributed by atoms with E-state index in [2.05, 4.69) is 19.2 Å². The molecule has 1 N–H and O–H groups in total. The number of hydrogen-bond acceptors (Lipinski definition) is 5. The van der Waals surface area contributed by atoms with Gasteiger partial charge in [0.05, 0.1) is 18.1 Å². The summed E-state index contributed by atoms with van der Waals surface area (Å²) in [6, 6.07) is 4.79. The summed E-state index contributed by atoms with van der Waals surface area (Å²) in [4.78, 5) is 12.7. The van der Waals surface area contributed by atoms with Crippen LogP contribution in [-0.4, -0.2) is 51.5 Å². The molecule has 1 amide bonds. The second kappa shape index (κ2) is 11.9. The van der Waals surface area contributed by atoms with Crippen molar-refractivity contribution >= 4 is 15.9 Å². The first-order valence-electron chi connectivity index (χ1n) is 12.1. The van der Waals surface area contributed by atoms with Crippen LogP contribution in [0.25, 0.3) is 0 Å². The van der Waals surface area contributed by atoms with Crippen LogP contribution in [-0.2, 0) is 14.8 Å². The first-order chi connectivity index (χ1) is 15.4. The summed E-state index contributed by atoms with van der Waals surface area (Å²) in [5, 5.41) is 3.04. The van der Waals surface area contributed by atoms with Gasteiger partial charge in [0.25, 0.3) is 0 Å². The van der Waals surface area contributed by atoms with Crippen molar-refractivity contribution in [2.75, 3.05) is 32.8 Å². The van der Waals surface area contributed by atoms with E-state index in [1.54, 1.807) is 18.2 Å². The van der Waals surface area contributed by atoms with E-state index in [0.29, 0.717) is 57.2 Å². The Morgan fingerprint density at radius 1 is 1.06 bits per heavy atom. The number of unbranched alkanes of at least 4 members (excludes halogenated alkanes) is 3. The van der Waals surface area contributed by atoms with E-state index in [-0.39, 0.29) is 16.7 Å². The highest BCUT2D eigenvalue weighted by atomic mass is 32.2. The molecule has 0 aromatic heterocycles. The third kappa shape index (κ3) is 6.85. The highest BCUT2D eigenvalue weighted by molar-refractivity contribution is 7.89. The van der Waals surface area contributed by atoms with Crippen LogP contribution in [0.5, 0.6) is 11.5 Å². The summed E-state index contributed by atoms with van der Waals surface area (Å²) in [5.41, 5.74) is 0. The Morgan fingerprint density at radius 3 is 2.47 bits per heavy atom. The van der Waals surface area contributed by atoms with Gasteiger partial charge in [-0.1, -0.05) is 39.5 Å². The zero-order valence-electron chi connectivity index (χ0n) is 19.5. The molecule has 0 unspecified atom stereocenters. The first-order valence-corrected chi connectivity index (χ1v) is 13.5. The molecule has 0 radical (unpaired) electrons. The van der Waals surface area contributed by atoms with Crippen LogP contribution >= 0.6 is 0 Å². The van der Waals surface area contributed by atoms with Gasteiger partial charge >= 0.3 is 0 Å². The lowest BCUT2D eigenvalue weighted by Crippen LogP contribution is -2.43. The van der Waals surface area contributed by atoms with E-state index in [0.717, 1.165) is 25.2 Å². The van der Waals surface area contributed by atoms with Crippen molar-refractivity contribution in [3.63, 3.8) is 0 Å². The van der Waals surface area contributed by atoms with Crippen LogP contribution in [0.4, 0.5) is 0 Å². The van der Waals surface area contributed by atoms with Crippen molar-refractivity contribution in [1.82, 2.24) is 9.62 Å². The largest absolute Gasteiger partial charge is 0.490 e. The Labute approximate surface area is 192 Å². The van der Waals surface area contributed by atoms with Gasteiger partial charge in [0.2, 0.25) is 15.9 Å². The predicted molar refractivity (Wildman–Crippen MR) is 124 cm³/mol. The number of rotatable bonds is 10. The fourth-order valence-electron chi connectivity index (χ4n) is 4.20. The zero-order valence-corrected chi connectivity index (χ0v) is 20.3. The maximum atomic E-state index is 13.1. The molecule has 7 nitrogen and oxygen atoms in total. The van der Waals surface area contributed by atoms with Gasteiger partial charge in [-0.15, -0.1) is 0 Å². The highest BCUT2D eigenvalue weighted by Gasteiger charge is 2.32.